The Hall–Kier alpha value is -2.74. The highest BCUT2D eigenvalue weighted by Crippen LogP contribution is 2.38. The van der Waals surface area contributed by atoms with Gasteiger partial charge in [-0.05, 0) is 54.9 Å². The third-order valence-corrected chi connectivity index (χ3v) is 5.82. The molecule has 0 radical (unpaired) electrons. The van der Waals surface area contributed by atoms with Gasteiger partial charge in [0.15, 0.2) is 0 Å². The summed E-state index contributed by atoms with van der Waals surface area (Å²) < 4.78 is 44.0. The zero-order valence-corrected chi connectivity index (χ0v) is 17.3. The Labute approximate surface area is 176 Å². The number of halogens is 3. The second kappa shape index (κ2) is 8.95. The Balaban J connectivity index is 1.90. The Morgan fingerprint density at radius 3 is 2.60 bits per heavy atom. The molecule has 3 aromatic rings. The fourth-order valence-electron chi connectivity index (χ4n) is 3.15. The number of anilines is 1. The number of amides is 1. The summed E-state index contributed by atoms with van der Waals surface area (Å²) in [5.74, 6) is -0.338. The van der Waals surface area contributed by atoms with Crippen molar-refractivity contribution < 1.29 is 22.7 Å². The van der Waals surface area contributed by atoms with E-state index in [1.807, 2.05) is 12.1 Å². The van der Waals surface area contributed by atoms with Crippen molar-refractivity contribution in [2.45, 2.75) is 18.9 Å². The highest BCUT2D eigenvalue weighted by atomic mass is 32.2. The van der Waals surface area contributed by atoms with Gasteiger partial charge in [-0.3, -0.25) is 9.78 Å². The van der Waals surface area contributed by atoms with E-state index in [-0.39, 0.29) is 18.2 Å². The Morgan fingerprint density at radius 1 is 1.13 bits per heavy atom. The van der Waals surface area contributed by atoms with Gasteiger partial charge in [0.1, 0.15) is 5.75 Å². The molecule has 8 heteroatoms. The molecule has 1 atom stereocenters. The first-order chi connectivity index (χ1) is 14.2. The van der Waals surface area contributed by atoms with Crippen LogP contribution < -0.4 is 10.1 Å². The second-order valence-corrected chi connectivity index (χ2v) is 8.20. The number of methoxy groups -OCH3 is 1. The molecule has 0 fully saturated rings. The van der Waals surface area contributed by atoms with Gasteiger partial charge in [0, 0.05) is 17.3 Å². The molecule has 0 saturated carbocycles. The lowest BCUT2D eigenvalue weighted by atomic mass is 9.84. The lowest BCUT2D eigenvalue weighted by molar-refractivity contribution is -0.123. The maximum atomic E-state index is 13.2. The number of para-hydroxylation sites is 1. The van der Waals surface area contributed by atoms with Crippen LogP contribution in [0.4, 0.5) is 18.9 Å². The van der Waals surface area contributed by atoms with Crippen molar-refractivity contribution in [2.24, 2.45) is 5.41 Å². The van der Waals surface area contributed by atoms with E-state index in [1.165, 1.54) is 7.11 Å². The van der Waals surface area contributed by atoms with Crippen molar-refractivity contribution in [3.63, 3.8) is 0 Å². The van der Waals surface area contributed by atoms with E-state index in [9.17, 15) is 18.0 Å². The van der Waals surface area contributed by atoms with Gasteiger partial charge in [-0.25, -0.2) is 0 Å². The van der Waals surface area contributed by atoms with Crippen LogP contribution in [-0.2, 0) is 11.2 Å². The van der Waals surface area contributed by atoms with Crippen LogP contribution in [0.1, 0.15) is 12.5 Å². The summed E-state index contributed by atoms with van der Waals surface area (Å²) >= 11 is -0.195. The van der Waals surface area contributed by atoms with E-state index >= 15 is 0 Å². The van der Waals surface area contributed by atoms with Crippen LogP contribution in [0.2, 0.25) is 0 Å². The topological polar surface area (TPSA) is 51.2 Å². The molecule has 0 bridgehead atoms. The molecule has 1 amide bonds. The molecule has 0 saturated heterocycles. The van der Waals surface area contributed by atoms with Crippen LogP contribution in [0, 0.1) is 5.41 Å². The van der Waals surface area contributed by atoms with E-state index in [4.69, 9.17) is 4.74 Å². The predicted molar refractivity (Wildman–Crippen MR) is 114 cm³/mol. The number of hydrogen-bond acceptors (Lipinski definition) is 4. The summed E-state index contributed by atoms with van der Waals surface area (Å²) in [5.41, 5.74) is -3.99. The molecule has 0 aliphatic rings. The third-order valence-electron chi connectivity index (χ3n) is 4.71. The minimum absolute atomic E-state index is 0.122. The molecular weight excluding hydrogens is 413 g/mol. The summed E-state index contributed by atoms with van der Waals surface area (Å²) in [6.07, 6.45) is 1.73. The van der Waals surface area contributed by atoms with Crippen molar-refractivity contribution in [1.82, 2.24) is 4.98 Å². The van der Waals surface area contributed by atoms with Crippen molar-refractivity contribution >= 4 is 34.3 Å². The maximum absolute atomic E-state index is 13.2. The number of ether oxygens (including phenoxy) is 1. The molecule has 1 unspecified atom stereocenters. The first kappa shape index (κ1) is 22.0. The zero-order chi connectivity index (χ0) is 21.8. The average molecular weight is 434 g/mol. The van der Waals surface area contributed by atoms with Crippen LogP contribution in [0.15, 0.2) is 60.8 Å². The van der Waals surface area contributed by atoms with Gasteiger partial charge in [-0.15, -0.1) is 0 Å². The monoisotopic (exact) mass is 434 g/mol. The summed E-state index contributed by atoms with van der Waals surface area (Å²) in [7, 11) is 1.51. The lowest BCUT2D eigenvalue weighted by Gasteiger charge is -2.29. The number of fused-ring (bicyclic) bond motifs is 1. The Bertz CT molecular complexity index is 1040. The number of rotatable bonds is 7. The molecular formula is C22H21F3N2O2S. The Morgan fingerprint density at radius 2 is 1.87 bits per heavy atom. The van der Waals surface area contributed by atoms with E-state index in [0.717, 1.165) is 5.39 Å². The standard InChI is InChI=1S/C22H21F3N2O2S/c1-21(14-30-22(23,24)25,13-15-6-3-9-17(12-15)29-2)20(28)27-18-10-4-7-16-8-5-11-26-19(16)18/h3-12H,13-14H2,1-2H3,(H,27,28). The number of thioether (sulfide) groups is 1. The number of carbonyl (C=O) groups is 1. The largest absolute Gasteiger partial charge is 0.497 e. The second-order valence-electron chi connectivity index (χ2n) is 7.16. The van der Waals surface area contributed by atoms with E-state index in [0.29, 0.717) is 22.5 Å². The minimum atomic E-state index is -4.43. The smallest absolute Gasteiger partial charge is 0.441 e. The fourth-order valence-corrected chi connectivity index (χ4v) is 3.86. The number of carbonyl (C=O) groups excluding carboxylic acids is 1. The summed E-state index contributed by atoms with van der Waals surface area (Å²) in [5, 5.41) is 3.63. The first-order valence-electron chi connectivity index (χ1n) is 9.19. The molecule has 158 valence electrons. The zero-order valence-electron chi connectivity index (χ0n) is 16.5. The summed E-state index contributed by atoms with van der Waals surface area (Å²) in [6.45, 7) is 1.54. The lowest BCUT2D eigenvalue weighted by Crippen LogP contribution is -2.38. The molecule has 0 spiro atoms. The number of nitrogens with one attached hydrogen (secondary N) is 1. The number of aromatic nitrogens is 1. The normalized spacial score (nSPS) is 13.6. The highest BCUT2D eigenvalue weighted by Gasteiger charge is 2.39. The van der Waals surface area contributed by atoms with Gasteiger partial charge < -0.3 is 10.1 Å². The van der Waals surface area contributed by atoms with Gasteiger partial charge in [0.25, 0.3) is 0 Å². The molecule has 4 nitrogen and oxygen atoms in total. The number of nitrogens with zero attached hydrogens (tertiary/aromatic N) is 1. The molecule has 1 aromatic heterocycles. The quantitative estimate of drug-likeness (QED) is 0.520. The molecule has 0 aliphatic carbocycles. The Kier molecular flexibility index (Phi) is 6.55. The van der Waals surface area contributed by atoms with Gasteiger partial charge in [0.2, 0.25) is 5.91 Å². The summed E-state index contributed by atoms with van der Waals surface area (Å²) in [4.78, 5) is 17.5. The number of pyridine rings is 1. The van der Waals surface area contributed by atoms with Crippen molar-refractivity contribution in [2.75, 3.05) is 18.2 Å². The molecule has 0 aliphatic heterocycles. The number of alkyl halides is 3. The molecule has 2 aromatic carbocycles. The van der Waals surface area contributed by atoms with Crippen LogP contribution in [-0.4, -0.2) is 29.3 Å². The van der Waals surface area contributed by atoms with Crippen LogP contribution >= 0.6 is 11.8 Å². The van der Waals surface area contributed by atoms with Gasteiger partial charge in [-0.2, -0.15) is 13.2 Å². The number of hydrogen-bond donors (Lipinski definition) is 1. The molecule has 30 heavy (non-hydrogen) atoms. The van der Waals surface area contributed by atoms with Crippen molar-refractivity contribution in [1.29, 1.82) is 0 Å². The van der Waals surface area contributed by atoms with Crippen LogP contribution in [0.3, 0.4) is 0 Å². The van der Waals surface area contributed by atoms with E-state index in [1.54, 1.807) is 55.6 Å². The predicted octanol–water partition coefficient (Wildman–Crippen LogP) is 5.68. The first-order valence-corrected chi connectivity index (χ1v) is 10.2. The molecule has 1 N–H and O–H groups in total. The molecule has 1 heterocycles. The SMILES string of the molecule is COc1cccc(CC(C)(CSC(F)(F)F)C(=O)Nc2cccc3cccnc23)c1. The van der Waals surface area contributed by atoms with Gasteiger partial charge in [-0.1, -0.05) is 30.3 Å². The minimum Gasteiger partial charge on any atom is -0.497 e. The van der Waals surface area contributed by atoms with Crippen LogP contribution in [0.25, 0.3) is 10.9 Å². The van der Waals surface area contributed by atoms with Gasteiger partial charge in [0.05, 0.1) is 23.7 Å². The molecule has 3 rings (SSSR count). The van der Waals surface area contributed by atoms with E-state index < -0.39 is 22.6 Å². The highest BCUT2D eigenvalue weighted by molar-refractivity contribution is 8.00. The third kappa shape index (κ3) is 5.44. The average Bonchev–Trinajstić information content (AvgIpc) is 2.72. The van der Waals surface area contributed by atoms with Crippen molar-refractivity contribution in [3.8, 4) is 5.75 Å². The summed E-state index contributed by atoms with van der Waals surface area (Å²) in [6, 6.07) is 15.9. The fraction of sp³-hybridized carbons (Fsp3) is 0.273. The maximum Gasteiger partial charge on any atom is 0.441 e. The van der Waals surface area contributed by atoms with Gasteiger partial charge >= 0.3 is 5.51 Å². The number of benzene rings is 2. The van der Waals surface area contributed by atoms with Crippen molar-refractivity contribution in [3.05, 3.63) is 66.4 Å². The van der Waals surface area contributed by atoms with Crippen LogP contribution in [0.5, 0.6) is 5.75 Å². The van der Waals surface area contributed by atoms with E-state index in [2.05, 4.69) is 10.3 Å².